The summed E-state index contributed by atoms with van der Waals surface area (Å²) in [6, 6.07) is 6.81. The lowest BCUT2D eigenvalue weighted by Crippen LogP contribution is -1.93. The quantitative estimate of drug-likeness (QED) is 0.606. The fourth-order valence-corrected chi connectivity index (χ4v) is 0.688. The number of halogens is 1. The molecule has 0 aliphatic heterocycles. The molecule has 12 heavy (non-hydrogen) atoms. The maximum Gasteiger partial charge on any atom is 0.149 e. The van der Waals surface area contributed by atoms with E-state index < -0.39 is 0 Å². The van der Waals surface area contributed by atoms with E-state index in [9.17, 15) is 4.39 Å². The van der Waals surface area contributed by atoms with Crippen LogP contribution in [0.15, 0.2) is 18.2 Å². The van der Waals surface area contributed by atoms with Crippen LogP contribution in [0, 0.1) is 23.7 Å². The Balaban J connectivity index is 2.55. The second-order valence-electron chi connectivity index (χ2n) is 2.09. The molecule has 0 amide bonds. The summed E-state index contributed by atoms with van der Waals surface area (Å²) in [4.78, 5) is 0. The molecule has 0 atom stereocenters. The van der Waals surface area contributed by atoms with Gasteiger partial charge in [0.2, 0.25) is 0 Å². The maximum absolute atomic E-state index is 12.5. The van der Waals surface area contributed by atoms with E-state index in [-0.39, 0.29) is 12.4 Å². The molecule has 0 bridgehead atoms. The summed E-state index contributed by atoms with van der Waals surface area (Å²) in [6.07, 6.45) is 0. The Labute approximate surface area is 71.2 Å². The summed E-state index contributed by atoms with van der Waals surface area (Å²) < 4.78 is 17.6. The number of benzene rings is 1. The molecular formula is C10H8FO. The minimum atomic E-state index is -0.326. The molecule has 0 aliphatic rings. The van der Waals surface area contributed by atoms with Crippen LogP contribution in [0.5, 0.6) is 5.75 Å². The molecule has 1 aromatic carbocycles. The van der Waals surface area contributed by atoms with Gasteiger partial charge in [0.25, 0.3) is 0 Å². The largest absolute Gasteiger partial charge is 0.480 e. The van der Waals surface area contributed by atoms with Crippen LogP contribution >= 0.6 is 0 Å². The van der Waals surface area contributed by atoms with Crippen molar-refractivity contribution in [1.29, 1.82) is 0 Å². The lowest BCUT2D eigenvalue weighted by Gasteiger charge is -1.99. The van der Waals surface area contributed by atoms with Crippen LogP contribution < -0.4 is 4.74 Å². The van der Waals surface area contributed by atoms with E-state index in [1.165, 1.54) is 18.2 Å². The topological polar surface area (TPSA) is 9.23 Å². The van der Waals surface area contributed by atoms with Crippen LogP contribution in [0.2, 0.25) is 0 Å². The molecule has 61 valence electrons. The highest BCUT2D eigenvalue weighted by Gasteiger charge is 1.93. The summed E-state index contributed by atoms with van der Waals surface area (Å²) in [7, 11) is 0. The predicted molar refractivity (Wildman–Crippen MR) is 44.2 cm³/mol. The van der Waals surface area contributed by atoms with Crippen molar-refractivity contribution >= 4 is 0 Å². The van der Waals surface area contributed by atoms with Gasteiger partial charge in [0.1, 0.15) is 18.2 Å². The molecule has 0 heterocycles. The third-order valence-corrected chi connectivity index (χ3v) is 1.21. The van der Waals surface area contributed by atoms with E-state index in [0.29, 0.717) is 5.75 Å². The van der Waals surface area contributed by atoms with E-state index in [4.69, 9.17) is 4.74 Å². The second kappa shape index (κ2) is 4.40. The van der Waals surface area contributed by atoms with Crippen molar-refractivity contribution in [2.45, 2.75) is 6.92 Å². The minimum absolute atomic E-state index is 0.274. The first kappa shape index (κ1) is 8.61. The number of hydrogen-bond donors (Lipinski definition) is 0. The van der Waals surface area contributed by atoms with Crippen LogP contribution in [0.3, 0.4) is 0 Å². The average Bonchev–Trinajstić information content (AvgIpc) is 2.05. The van der Waals surface area contributed by atoms with E-state index >= 15 is 0 Å². The molecule has 1 aromatic rings. The molecule has 0 unspecified atom stereocenters. The van der Waals surface area contributed by atoms with Crippen LogP contribution in [-0.4, -0.2) is 6.61 Å². The first-order valence-corrected chi connectivity index (χ1v) is 3.52. The molecule has 0 spiro atoms. The summed E-state index contributed by atoms with van der Waals surface area (Å²) in [5.74, 6) is 5.43. The van der Waals surface area contributed by atoms with Crippen molar-refractivity contribution in [3.05, 3.63) is 30.1 Å². The molecule has 1 nitrogen and oxygen atoms in total. The summed E-state index contributed by atoms with van der Waals surface area (Å²) >= 11 is 0. The standard InChI is InChI=1S/C10H8FO/c1-2-3-7-12-10-6-4-5-9(11)8-10/h4-5,8H,7H2,1H3. The highest BCUT2D eigenvalue weighted by Crippen LogP contribution is 2.10. The fourth-order valence-electron chi connectivity index (χ4n) is 0.688. The van der Waals surface area contributed by atoms with Gasteiger partial charge in [0, 0.05) is 12.1 Å². The number of hydrogen-bond acceptors (Lipinski definition) is 1. The Morgan fingerprint density at radius 2 is 2.50 bits per heavy atom. The lowest BCUT2D eigenvalue weighted by atomic mass is 10.3. The Morgan fingerprint density at radius 3 is 3.17 bits per heavy atom. The lowest BCUT2D eigenvalue weighted by molar-refractivity contribution is 0.367. The van der Waals surface area contributed by atoms with Gasteiger partial charge in [-0.25, -0.2) is 4.39 Å². The van der Waals surface area contributed by atoms with E-state index in [2.05, 4.69) is 17.9 Å². The molecule has 0 aliphatic carbocycles. The average molecular weight is 163 g/mol. The molecular weight excluding hydrogens is 155 g/mol. The maximum atomic E-state index is 12.5. The molecule has 0 saturated heterocycles. The van der Waals surface area contributed by atoms with Gasteiger partial charge in [-0.3, -0.25) is 0 Å². The zero-order valence-electron chi connectivity index (χ0n) is 6.73. The Kier molecular flexibility index (Phi) is 3.16. The van der Waals surface area contributed by atoms with Gasteiger partial charge in [0.15, 0.2) is 0 Å². The summed E-state index contributed by atoms with van der Waals surface area (Å²) in [5, 5.41) is 0. The molecule has 0 fully saturated rings. The minimum Gasteiger partial charge on any atom is -0.480 e. The van der Waals surface area contributed by atoms with Crippen molar-refractivity contribution in [2.24, 2.45) is 0 Å². The third kappa shape index (κ3) is 2.63. The van der Waals surface area contributed by atoms with E-state index in [1.54, 1.807) is 6.92 Å². The smallest absolute Gasteiger partial charge is 0.149 e. The summed E-state index contributed by atoms with van der Waals surface area (Å²) in [6.45, 7) is 2.00. The van der Waals surface area contributed by atoms with Gasteiger partial charge in [-0.2, -0.15) is 0 Å². The van der Waals surface area contributed by atoms with Crippen molar-refractivity contribution < 1.29 is 9.13 Å². The fraction of sp³-hybridized carbons (Fsp3) is 0.200. The first-order chi connectivity index (χ1) is 5.83. The van der Waals surface area contributed by atoms with Gasteiger partial charge in [-0.1, -0.05) is 5.92 Å². The van der Waals surface area contributed by atoms with E-state index in [1.807, 2.05) is 0 Å². The van der Waals surface area contributed by atoms with Crippen LogP contribution in [0.4, 0.5) is 4.39 Å². The number of ether oxygens (including phenoxy) is 1. The molecule has 1 rings (SSSR count). The second-order valence-corrected chi connectivity index (χ2v) is 2.09. The molecule has 2 heteroatoms. The van der Waals surface area contributed by atoms with Gasteiger partial charge in [-0.15, -0.1) is 5.92 Å². The Bertz CT molecular complexity index is 309. The van der Waals surface area contributed by atoms with Gasteiger partial charge in [-0.05, 0) is 19.1 Å². The Hall–Kier alpha value is -1.49. The van der Waals surface area contributed by atoms with Crippen LogP contribution in [0.25, 0.3) is 0 Å². The molecule has 1 radical (unpaired) electrons. The first-order valence-electron chi connectivity index (χ1n) is 3.52. The van der Waals surface area contributed by atoms with Crippen molar-refractivity contribution in [3.63, 3.8) is 0 Å². The molecule has 0 saturated carbocycles. The van der Waals surface area contributed by atoms with Crippen LogP contribution in [0.1, 0.15) is 6.92 Å². The van der Waals surface area contributed by atoms with Gasteiger partial charge >= 0.3 is 0 Å². The van der Waals surface area contributed by atoms with Gasteiger partial charge < -0.3 is 4.74 Å². The van der Waals surface area contributed by atoms with Crippen molar-refractivity contribution in [2.75, 3.05) is 6.61 Å². The number of rotatable bonds is 2. The highest BCUT2D eigenvalue weighted by molar-refractivity contribution is 5.21. The van der Waals surface area contributed by atoms with Gasteiger partial charge in [0.05, 0.1) is 0 Å². The van der Waals surface area contributed by atoms with Crippen molar-refractivity contribution in [1.82, 2.24) is 0 Å². The SMILES string of the molecule is CC#CCOc1[c]ccc(F)c1. The monoisotopic (exact) mass is 163 g/mol. The zero-order chi connectivity index (χ0) is 8.81. The van der Waals surface area contributed by atoms with E-state index in [0.717, 1.165) is 0 Å². The Morgan fingerprint density at radius 1 is 1.67 bits per heavy atom. The molecule has 0 N–H and O–H groups in total. The summed E-state index contributed by atoms with van der Waals surface area (Å²) in [5.41, 5.74) is 0. The molecule has 0 aromatic heterocycles. The van der Waals surface area contributed by atoms with Crippen molar-refractivity contribution in [3.8, 4) is 17.6 Å². The normalized spacial score (nSPS) is 8.50. The highest BCUT2D eigenvalue weighted by atomic mass is 19.1. The third-order valence-electron chi connectivity index (χ3n) is 1.21. The predicted octanol–water partition coefficient (Wildman–Crippen LogP) is 2.03. The van der Waals surface area contributed by atoms with Crippen LogP contribution in [-0.2, 0) is 0 Å². The zero-order valence-corrected chi connectivity index (χ0v) is 6.73.